The predicted molar refractivity (Wildman–Crippen MR) is 90.7 cm³/mol. The molecular formula is C17H19N3O3S. The van der Waals surface area contributed by atoms with Gasteiger partial charge in [0.05, 0.1) is 17.4 Å². The molecule has 7 heteroatoms. The molecular weight excluding hydrogens is 326 g/mol. The highest BCUT2D eigenvalue weighted by atomic mass is 32.2. The van der Waals surface area contributed by atoms with E-state index in [1.165, 1.54) is 16.4 Å². The lowest BCUT2D eigenvalue weighted by Gasteiger charge is -2.23. The molecule has 2 aromatic rings. The Bertz CT molecular complexity index is 820. The van der Waals surface area contributed by atoms with Crippen LogP contribution in [0.2, 0.25) is 0 Å². The van der Waals surface area contributed by atoms with E-state index in [4.69, 9.17) is 5.73 Å². The van der Waals surface area contributed by atoms with E-state index in [1.54, 1.807) is 30.5 Å². The lowest BCUT2D eigenvalue weighted by atomic mass is 10.1. The smallest absolute Gasteiger partial charge is 0.243 e. The van der Waals surface area contributed by atoms with Gasteiger partial charge in [0.25, 0.3) is 0 Å². The minimum absolute atomic E-state index is 0.120. The minimum Gasteiger partial charge on any atom is -0.399 e. The zero-order chi connectivity index (χ0) is 17.2. The maximum Gasteiger partial charge on any atom is 0.243 e. The molecule has 0 unspecified atom stereocenters. The first-order valence-corrected chi connectivity index (χ1v) is 9.22. The molecule has 126 valence electrons. The van der Waals surface area contributed by atoms with Crippen LogP contribution in [0.15, 0.2) is 53.6 Å². The first-order chi connectivity index (χ1) is 11.5. The van der Waals surface area contributed by atoms with Gasteiger partial charge in [-0.3, -0.25) is 9.78 Å². The Balaban J connectivity index is 1.82. The summed E-state index contributed by atoms with van der Waals surface area (Å²) in [5.41, 5.74) is 6.77. The van der Waals surface area contributed by atoms with Crippen LogP contribution in [0, 0.1) is 0 Å². The number of carbonyl (C=O) groups excluding carboxylic acids is 1. The van der Waals surface area contributed by atoms with E-state index < -0.39 is 16.1 Å². The number of hydrogen-bond donors (Lipinski definition) is 1. The first-order valence-electron chi connectivity index (χ1n) is 7.78. The number of nitrogens with zero attached hydrogens (tertiary/aromatic N) is 2. The van der Waals surface area contributed by atoms with Crippen LogP contribution in [0.3, 0.4) is 0 Å². The molecule has 1 aromatic heterocycles. The lowest BCUT2D eigenvalue weighted by Crippen LogP contribution is -2.41. The molecule has 0 amide bonds. The Kier molecular flexibility index (Phi) is 4.64. The van der Waals surface area contributed by atoms with E-state index in [1.807, 2.05) is 6.07 Å². The second-order valence-electron chi connectivity index (χ2n) is 5.81. The van der Waals surface area contributed by atoms with Gasteiger partial charge in [-0.1, -0.05) is 6.07 Å². The van der Waals surface area contributed by atoms with E-state index >= 15 is 0 Å². The minimum atomic E-state index is -3.71. The van der Waals surface area contributed by atoms with Gasteiger partial charge in [-0.2, -0.15) is 4.31 Å². The van der Waals surface area contributed by atoms with Gasteiger partial charge in [-0.15, -0.1) is 0 Å². The largest absolute Gasteiger partial charge is 0.399 e. The summed E-state index contributed by atoms with van der Waals surface area (Å²) in [7, 11) is -3.71. The number of nitrogen functional groups attached to an aromatic ring is 1. The van der Waals surface area contributed by atoms with Crippen LogP contribution in [0.25, 0.3) is 0 Å². The number of nitrogens with two attached hydrogens (primary N) is 1. The SMILES string of the molecule is Nc1ccc(S(=O)(=O)N2CCC[C@H]2C(=O)Cc2ccccn2)cc1. The number of sulfonamides is 1. The Morgan fingerprint density at radius 3 is 2.62 bits per heavy atom. The molecule has 2 N–H and O–H groups in total. The molecule has 1 fully saturated rings. The molecule has 1 saturated heterocycles. The summed E-state index contributed by atoms with van der Waals surface area (Å²) in [5, 5.41) is 0. The molecule has 24 heavy (non-hydrogen) atoms. The highest BCUT2D eigenvalue weighted by molar-refractivity contribution is 7.89. The summed E-state index contributed by atoms with van der Waals surface area (Å²) < 4.78 is 27.0. The van der Waals surface area contributed by atoms with Crippen molar-refractivity contribution in [3.05, 3.63) is 54.4 Å². The molecule has 1 atom stereocenters. The van der Waals surface area contributed by atoms with Crippen LogP contribution in [0.4, 0.5) is 5.69 Å². The van der Waals surface area contributed by atoms with Crippen molar-refractivity contribution in [1.29, 1.82) is 0 Å². The summed E-state index contributed by atoms with van der Waals surface area (Å²) in [6, 6.07) is 10.8. The van der Waals surface area contributed by atoms with Gasteiger partial charge in [0.2, 0.25) is 10.0 Å². The van der Waals surface area contributed by atoms with E-state index in [0.717, 1.165) is 0 Å². The van der Waals surface area contributed by atoms with E-state index in [-0.39, 0.29) is 17.1 Å². The molecule has 2 heterocycles. The highest BCUT2D eigenvalue weighted by Crippen LogP contribution is 2.27. The molecule has 0 saturated carbocycles. The number of aromatic nitrogens is 1. The second kappa shape index (κ2) is 6.70. The van der Waals surface area contributed by atoms with Crippen LogP contribution in [-0.2, 0) is 21.2 Å². The number of hydrogen-bond acceptors (Lipinski definition) is 5. The third-order valence-electron chi connectivity index (χ3n) is 4.14. The van der Waals surface area contributed by atoms with Gasteiger partial charge in [-0.25, -0.2) is 8.42 Å². The lowest BCUT2D eigenvalue weighted by molar-refractivity contribution is -0.121. The van der Waals surface area contributed by atoms with E-state index in [2.05, 4.69) is 4.98 Å². The summed E-state index contributed by atoms with van der Waals surface area (Å²) in [5.74, 6) is -0.120. The van der Waals surface area contributed by atoms with Crippen molar-refractivity contribution in [2.24, 2.45) is 0 Å². The monoisotopic (exact) mass is 345 g/mol. The number of carbonyl (C=O) groups is 1. The van der Waals surface area contributed by atoms with Crippen LogP contribution >= 0.6 is 0 Å². The van der Waals surface area contributed by atoms with Gasteiger partial charge in [0.15, 0.2) is 5.78 Å². The fourth-order valence-electron chi connectivity index (χ4n) is 2.92. The Morgan fingerprint density at radius 1 is 1.21 bits per heavy atom. The van der Waals surface area contributed by atoms with Crippen LogP contribution in [0.1, 0.15) is 18.5 Å². The first kappa shape index (κ1) is 16.6. The zero-order valence-electron chi connectivity index (χ0n) is 13.1. The van der Waals surface area contributed by atoms with Crippen molar-refractivity contribution >= 4 is 21.5 Å². The number of pyridine rings is 1. The molecule has 0 aliphatic carbocycles. The topological polar surface area (TPSA) is 93.4 Å². The van der Waals surface area contributed by atoms with Crippen molar-refractivity contribution in [3.63, 3.8) is 0 Å². The van der Waals surface area contributed by atoms with Gasteiger partial charge in [0, 0.05) is 24.1 Å². The average Bonchev–Trinajstić information content (AvgIpc) is 3.07. The van der Waals surface area contributed by atoms with E-state index in [0.29, 0.717) is 30.8 Å². The van der Waals surface area contributed by atoms with Gasteiger partial charge < -0.3 is 5.73 Å². The normalized spacial score (nSPS) is 18.6. The molecule has 0 bridgehead atoms. The molecule has 1 aromatic carbocycles. The molecule has 1 aliphatic rings. The quantitative estimate of drug-likeness (QED) is 0.831. The van der Waals surface area contributed by atoms with Gasteiger partial charge >= 0.3 is 0 Å². The van der Waals surface area contributed by atoms with Crippen LogP contribution in [-0.4, -0.2) is 36.1 Å². The fraction of sp³-hybridized carbons (Fsp3) is 0.294. The molecule has 0 radical (unpaired) electrons. The summed E-state index contributed by atoms with van der Waals surface area (Å²) in [4.78, 5) is 16.9. The van der Waals surface area contributed by atoms with Crippen molar-refractivity contribution in [1.82, 2.24) is 9.29 Å². The number of anilines is 1. The molecule has 0 spiro atoms. The predicted octanol–water partition coefficient (Wildman–Crippen LogP) is 1.63. The molecule has 3 rings (SSSR count). The van der Waals surface area contributed by atoms with Crippen molar-refractivity contribution < 1.29 is 13.2 Å². The molecule has 1 aliphatic heterocycles. The highest BCUT2D eigenvalue weighted by Gasteiger charge is 2.39. The fourth-order valence-corrected chi connectivity index (χ4v) is 4.60. The molecule has 6 nitrogen and oxygen atoms in total. The number of benzene rings is 1. The number of rotatable bonds is 5. The Morgan fingerprint density at radius 2 is 1.96 bits per heavy atom. The van der Waals surface area contributed by atoms with Crippen LogP contribution < -0.4 is 5.73 Å². The summed E-state index contributed by atoms with van der Waals surface area (Å²) in [6.45, 7) is 0.353. The third-order valence-corrected chi connectivity index (χ3v) is 6.07. The van der Waals surface area contributed by atoms with Crippen LogP contribution in [0.5, 0.6) is 0 Å². The van der Waals surface area contributed by atoms with Crippen molar-refractivity contribution in [2.45, 2.75) is 30.2 Å². The van der Waals surface area contributed by atoms with Crippen molar-refractivity contribution in [3.8, 4) is 0 Å². The average molecular weight is 345 g/mol. The summed E-state index contributed by atoms with van der Waals surface area (Å²) >= 11 is 0. The maximum absolute atomic E-state index is 12.8. The standard InChI is InChI=1S/C17H19N3O3S/c18-13-6-8-15(9-7-13)24(22,23)20-11-3-5-16(20)17(21)12-14-4-1-2-10-19-14/h1-2,4,6-10,16H,3,5,11-12,18H2/t16-/m0/s1. The number of Topliss-reactive ketones (excluding diaryl/α,β-unsaturated/α-hetero) is 1. The Labute approximate surface area is 141 Å². The number of ketones is 1. The van der Waals surface area contributed by atoms with Gasteiger partial charge in [-0.05, 0) is 49.2 Å². The zero-order valence-corrected chi connectivity index (χ0v) is 13.9. The maximum atomic E-state index is 12.8. The van der Waals surface area contributed by atoms with Gasteiger partial charge in [0.1, 0.15) is 0 Å². The van der Waals surface area contributed by atoms with E-state index in [9.17, 15) is 13.2 Å². The second-order valence-corrected chi connectivity index (χ2v) is 7.70. The third kappa shape index (κ3) is 3.32. The van der Waals surface area contributed by atoms with Crippen molar-refractivity contribution in [2.75, 3.05) is 12.3 Å². The Hall–Kier alpha value is -2.25. The summed E-state index contributed by atoms with van der Waals surface area (Å²) in [6.07, 6.45) is 2.98.